The van der Waals surface area contributed by atoms with Crippen molar-refractivity contribution in [2.75, 3.05) is 13.7 Å². The van der Waals surface area contributed by atoms with E-state index in [-0.39, 0.29) is 18.7 Å². The lowest BCUT2D eigenvalue weighted by Crippen LogP contribution is -2.42. The van der Waals surface area contributed by atoms with Gasteiger partial charge in [-0.25, -0.2) is 4.79 Å². The maximum Gasteiger partial charge on any atom is 0.433 e. The molecule has 1 aromatic rings. The van der Waals surface area contributed by atoms with Gasteiger partial charge in [-0.05, 0) is 38.5 Å². The van der Waals surface area contributed by atoms with Crippen molar-refractivity contribution in [2.45, 2.75) is 52.9 Å². The number of hydrogen-bond acceptors (Lipinski definition) is 5. The van der Waals surface area contributed by atoms with Crippen LogP contribution < -0.4 is 15.4 Å². The maximum absolute atomic E-state index is 13.3. The maximum atomic E-state index is 13.3. The van der Waals surface area contributed by atoms with Crippen molar-refractivity contribution in [2.24, 2.45) is 5.41 Å². The minimum atomic E-state index is -4.82. The average Bonchev–Trinajstić information content (AvgIpc) is 2.61. The Morgan fingerprint density at radius 1 is 1.10 bits per heavy atom. The smallest absolute Gasteiger partial charge is 0.433 e. The number of alkyl carbamates (subject to hydrolysis) is 1. The largest absolute Gasteiger partial charge is 0.497 e. The van der Waals surface area contributed by atoms with Gasteiger partial charge in [0, 0.05) is 30.3 Å². The summed E-state index contributed by atoms with van der Waals surface area (Å²) in [6, 6.07) is 7.05. The molecule has 0 aromatic heterocycles. The second-order valence-electron chi connectivity index (χ2n) is 8.40. The second-order valence-corrected chi connectivity index (χ2v) is 8.40. The van der Waals surface area contributed by atoms with Crippen LogP contribution in [-0.4, -0.2) is 37.2 Å². The fourth-order valence-electron chi connectivity index (χ4n) is 2.48. The molecule has 9 heteroatoms. The zero-order valence-corrected chi connectivity index (χ0v) is 18.2. The highest BCUT2D eigenvalue weighted by Gasteiger charge is 2.42. The molecule has 0 spiro atoms. The predicted molar refractivity (Wildman–Crippen MR) is 110 cm³/mol. The summed E-state index contributed by atoms with van der Waals surface area (Å²) in [5.41, 5.74) is -2.84. The Bertz CT molecular complexity index is 764. The Morgan fingerprint density at radius 2 is 1.67 bits per heavy atom. The number of methoxy groups -OCH3 is 1. The molecule has 1 aromatic carbocycles. The SMILES string of the molecule is COc1ccc(CN/C=C(\C(=N)C(F)(F)F)C(C)(C)CNC(=O)OC(C)(C)C)cc1. The van der Waals surface area contributed by atoms with Crippen molar-refractivity contribution >= 4 is 11.8 Å². The minimum Gasteiger partial charge on any atom is -0.497 e. The van der Waals surface area contributed by atoms with Crippen LogP contribution in [0.25, 0.3) is 0 Å². The second kappa shape index (κ2) is 9.86. The number of ether oxygens (including phenoxy) is 2. The van der Waals surface area contributed by atoms with Gasteiger partial charge in [-0.2, -0.15) is 13.2 Å². The zero-order chi connectivity index (χ0) is 23.2. The predicted octanol–water partition coefficient (Wildman–Crippen LogP) is 4.80. The van der Waals surface area contributed by atoms with Crippen LogP contribution in [0, 0.1) is 10.8 Å². The van der Waals surface area contributed by atoms with Crippen molar-refractivity contribution in [3.05, 3.63) is 41.6 Å². The van der Waals surface area contributed by atoms with Gasteiger partial charge in [-0.3, -0.25) is 5.41 Å². The van der Waals surface area contributed by atoms with Crippen molar-refractivity contribution in [3.63, 3.8) is 0 Å². The topological polar surface area (TPSA) is 83.4 Å². The Kier molecular flexibility index (Phi) is 8.33. The summed E-state index contributed by atoms with van der Waals surface area (Å²) in [4.78, 5) is 11.9. The van der Waals surface area contributed by atoms with E-state index >= 15 is 0 Å². The number of carbonyl (C=O) groups excluding carboxylic acids is 1. The third kappa shape index (κ3) is 8.34. The van der Waals surface area contributed by atoms with Crippen LogP contribution in [0.5, 0.6) is 5.75 Å². The van der Waals surface area contributed by atoms with Crippen LogP contribution in [0.4, 0.5) is 18.0 Å². The molecule has 0 radical (unpaired) electrons. The number of alkyl halides is 3. The van der Waals surface area contributed by atoms with Crippen LogP contribution in [0.3, 0.4) is 0 Å². The molecule has 0 saturated heterocycles. The van der Waals surface area contributed by atoms with Crippen LogP contribution in [0.2, 0.25) is 0 Å². The molecular weight excluding hydrogens is 399 g/mol. The molecule has 0 bridgehead atoms. The number of carbonyl (C=O) groups is 1. The summed E-state index contributed by atoms with van der Waals surface area (Å²) in [5.74, 6) is 0.670. The van der Waals surface area contributed by atoms with Crippen LogP contribution >= 0.6 is 0 Å². The third-order valence-electron chi connectivity index (χ3n) is 4.07. The molecule has 1 amide bonds. The van der Waals surface area contributed by atoms with E-state index in [0.29, 0.717) is 5.75 Å². The Balaban J connectivity index is 2.95. The fourth-order valence-corrected chi connectivity index (χ4v) is 2.48. The Hall–Kier alpha value is -2.71. The molecule has 0 unspecified atom stereocenters. The molecule has 0 saturated carbocycles. The van der Waals surface area contributed by atoms with Gasteiger partial charge in [0.2, 0.25) is 0 Å². The normalized spacial score (nSPS) is 12.9. The van der Waals surface area contributed by atoms with Gasteiger partial charge in [0.1, 0.15) is 17.1 Å². The molecule has 1 rings (SSSR count). The van der Waals surface area contributed by atoms with Gasteiger partial charge >= 0.3 is 12.3 Å². The molecule has 0 fully saturated rings. The van der Waals surface area contributed by atoms with E-state index in [4.69, 9.17) is 14.9 Å². The summed E-state index contributed by atoms with van der Waals surface area (Å²) in [6.45, 7) is 8.21. The van der Waals surface area contributed by atoms with E-state index in [1.54, 1.807) is 52.1 Å². The van der Waals surface area contributed by atoms with E-state index in [9.17, 15) is 18.0 Å². The standard InChI is InChI=1S/C21H30F3N3O3/c1-19(2,3)30-18(28)27-13-20(4,5)16(17(25)21(22,23)24)12-26-11-14-7-9-15(29-6)10-8-14/h7-10,12,25-26H,11,13H2,1-6H3,(H,27,28)/b16-12+,25-17?. The van der Waals surface area contributed by atoms with Gasteiger partial charge < -0.3 is 20.1 Å². The highest BCUT2D eigenvalue weighted by Crippen LogP contribution is 2.32. The monoisotopic (exact) mass is 429 g/mol. The molecule has 30 heavy (non-hydrogen) atoms. The first-order valence-corrected chi connectivity index (χ1v) is 9.35. The molecule has 0 aliphatic carbocycles. The van der Waals surface area contributed by atoms with Gasteiger partial charge in [-0.1, -0.05) is 26.0 Å². The summed E-state index contributed by atoms with van der Waals surface area (Å²) >= 11 is 0. The molecule has 0 aliphatic rings. The Morgan fingerprint density at radius 3 is 2.13 bits per heavy atom. The highest BCUT2D eigenvalue weighted by molar-refractivity contribution is 6.02. The first-order valence-electron chi connectivity index (χ1n) is 9.35. The van der Waals surface area contributed by atoms with Gasteiger partial charge in [0.15, 0.2) is 0 Å². The van der Waals surface area contributed by atoms with E-state index in [1.807, 2.05) is 0 Å². The quantitative estimate of drug-likeness (QED) is 0.518. The van der Waals surface area contributed by atoms with Crippen LogP contribution in [-0.2, 0) is 11.3 Å². The number of hydrogen-bond donors (Lipinski definition) is 3. The molecule has 0 atom stereocenters. The van der Waals surface area contributed by atoms with E-state index in [1.165, 1.54) is 20.0 Å². The minimum absolute atomic E-state index is 0.142. The van der Waals surface area contributed by atoms with E-state index in [2.05, 4.69) is 10.6 Å². The molecule has 0 aliphatic heterocycles. The number of rotatable bonds is 8. The number of amides is 1. The number of nitrogens with one attached hydrogen (secondary N) is 3. The fraction of sp³-hybridized carbons (Fsp3) is 0.524. The van der Waals surface area contributed by atoms with Gasteiger partial charge in [0.05, 0.1) is 7.11 Å². The number of benzene rings is 1. The Labute approximate surface area is 175 Å². The van der Waals surface area contributed by atoms with Gasteiger partial charge in [-0.15, -0.1) is 0 Å². The van der Waals surface area contributed by atoms with Crippen LogP contribution in [0.15, 0.2) is 36.0 Å². The number of halogens is 3. The van der Waals surface area contributed by atoms with Crippen molar-refractivity contribution < 1.29 is 27.4 Å². The zero-order valence-electron chi connectivity index (χ0n) is 18.2. The third-order valence-corrected chi connectivity index (χ3v) is 4.07. The first-order chi connectivity index (χ1) is 13.7. The summed E-state index contributed by atoms with van der Waals surface area (Å²) < 4.78 is 50.0. The van der Waals surface area contributed by atoms with E-state index < -0.39 is 29.0 Å². The summed E-state index contributed by atoms with van der Waals surface area (Å²) in [6.07, 6.45) is -4.38. The van der Waals surface area contributed by atoms with Crippen molar-refractivity contribution in [3.8, 4) is 5.75 Å². The lowest BCUT2D eigenvalue weighted by atomic mass is 9.81. The van der Waals surface area contributed by atoms with Crippen LogP contribution in [0.1, 0.15) is 40.2 Å². The van der Waals surface area contributed by atoms with Gasteiger partial charge in [0.25, 0.3) is 0 Å². The molecule has 168 valence electrons. The highest BCUT2D eigenvalue weighted by atomic mass is 19.4. The lowest BCUT2D eigenvalue weighted by Gasteiger charge is -2.30. The molecular formula is C21H30F3N3O3. The summed E-state index contributed by atoms with van der Waals surface area (Å²) in [7, 11) is 1.54. The lowest BCUT2D eigenvalue weighted by molar-refractivity contribution is -0.0597. The summed E-state index contributed by atoms with van der Waals surface area (Å²) in [5, 5.41) is 12.9. The average molecular weight is 429 g/mol. The molecule has 6 nitrogen and oxygen atoms in total. The molecule has 0 heterocycles. The first kappa shape index (κ1) is 25.3. The molecule has 3 N–H and O–H groups in total. The van der Waals surface area contributed by atoms with Crippen molar-refractivity contribution in [1.29, 1.82) is 5.41 Å². The van der Waals surface area contributed by atoms with Crippen molar-refractivity contribution in [1.82, 2.24) is 10.6 Å². The van der Waals surface area contributed by atoms with E-state index in [0.717, 1.165) is 5.56 Å².